The molecule has 0 saturated heterocycles. The fourth-order valence-corrected chi connectivity index (χ4v) is 2.59. The van der Waals surface area contributed by atoms with Gasteiger partial charge in [-0.25, -0.2) is 0 Å². The van der Waals surface area contributed by atoms with Crippen LogP contribution < -0.4 is 5.32 Å². The molecule has 1 N–H and O–H groups in total. The summed E-state index contributed by atoms with van der Waals surface area (Å²) in [5, 5.41) is 3.23. The zero-order valence-corrected chi connectivity index (χ0v) is 11.4. The van der Waals surface area contributed by atoms with Crippen molar-refractivity contribution in [3.8, 4) is 0 Å². The van der Waals surface area contributed by atoms with Crippen molar-refractivity contribution in [1.82, 2.24) is 5.32 Å². The van der Waals surface area contributed by atoms with E-state index in [-0.39, 0.29) is 0 Å². The van der Waals surface area contributed by atoms with Crippen molar-refractivity contribution in [1.29, 1.82) is 0 Å². The molecule has 2 heteroatoms. The van der Waals surface area contributed by atoms with Gasteiger partial charge in [0.05, 0.1) is 6.10 Å². The van der Waals surface area contributed by atoms with Gasteiger partial charge in [-0.05, 0) is 57.2 Å². The Morgan fingerprint density at radius 2 is 1.94 bits per heavy atom. The zero-order chi connectivity index (χ0) is 12.6. The molecule has 100 valence electrons. The molecule has 0 unspecified atom stereocenters. The summed E-state index contributed by atoms with van der Waals surface area (Å²) >= 11 is 0. The molecular weight excluding hydrogens is 222 g/mol. The lowest BCUT2D eigenvalue weighted by molar-refractivity contribution is -0.0305. The number of unbranched alkanes of at least 4 members (excludes halogenated alkanes) is 1. The minimum atomic E-state index is 0.542. The van der Waals surface area contributed by atoms with E-state index in [4.69, 9.17) is 4.74 Å². The van der Waals surface area contributed by atoms with Gasteiger partial charge in [0.2, 0.25) is 0 Å². The van der Waals surface area contributed by atoms with Crippen molar-refractivity contribution in [2.24, 2.45) is 5.92 Å². The van der Waals surface area contributed by atoms with Crippen LogP contribution in [0.3, 0.4) is 0 Å². The Morgan fingerprint density at radius 1 is 1.17 bits per heavy atom. The van der Waals surface area contributed by atoms with Crippen LogP contribution in [0.4, 0.5) is 0 Å². The first-order valence-corrected chi connectivity index (χ1v) is 7.18. The van der Waals surface area contributed by atoms with Crippen LogP contribution in [0.5, 0.6) is 0 Å². The minimum absolute atomic E-state index is 0.542. The maximum Gasteiger partial charge on any atom is 0.0581 e. The molecule has 0 atom stereocenters. The van der Waals surface area contributed by atoms with Crippen molar-refractivity contribution in [3.63, 3.8) is 0 Å². The second kappa shape index (κ2) is 7.55. The maximum absolute atomic E-state index is 5.86. The van der Waals surface area contributed by atoms with Crippen LogP contribution in [-0.4, -0.2) is 26.3 Å². The molecule has 0 aromatic heterocycles. The van der Waals surface area contributed by atoms with E-state index in [0.29, 0.717) is 6.10 Å². The fraction of sp³-hybridized carbons (Fsp3) is 0.625. The molecule has 0 heterocycles. The number of hydrogen-bond donors (Lipinski definition) is 1. The van der Waals surface area contributed by atoms with E-state index in [2.05, 4.69) is 35.6 Å². The number of hydrogen-bond acceptors (Lipinski definition) is 2. The lowest BCUT2D eigenvalue weighted by Gasteiger charge is -2.35. The predicted molar refractivity (Wildman–Crippen MR) is 75.8 cm³/mol. The molecule has 2 nitrogen and oxygen atoms in total. The van der Waals surface area contributed by atoms with Gasteiger partial charge in [0.1, 0.15) is 0 Å². The fourth-order valence-electron chi connectivity index (χ4n) is 2.59. The molecule has 0 aliphatic heterocycles. The van der Waals surface area contributed by atoms with Crippen LogP contribution in [0.2, 0.25) is 0 Å². The van der Waals surface area contributed by atoms with E-state index >= 15 is 0 Å². The summed E-state index contributed by atoms with van der Waals surface area (Å²) in [7, 11) is 2.03. The van der Waals surface area contributed by atoms with Gasteiger partial charge in [0, 0.05) is 6.61 Å². The quantitative estimate of drug-likeness (QED) is 0.713. The Labute approximate surface area is 111 Å². The average Bonchev–Trinajstić information content (AvgIpc) is 2.36. The standard InChI is InChI=1S/C16H25NO/c1-17-13-15-11-16(12-15)18-10-6-5-9-14-7-3-2-4-8-14/h2-4,7-8,15-17H,5-6,9-13H2,1H3. The summed E-state index contributed by atoms with van der Waals surface area (Å²) < 4.78 is 5.86. The highest BCUT2D eigenvalue weighted by Gasteiger charge is 2.28. The van der Waals surface area contributed by atoms with Gasteiger partial charge < -0.3 is 10.1 Å². The van der Waals surface area contributed by atoms with Crippen molar-refractivity contribution in [2.75, 3.05) is 20.2 Å². The predicted octanol–water partition coefficient (Wildman–Crippen LogP) is 3.02. The van der Waals surface area contributed by atoms with E-state index in [0.717, 1.165) is 19.1 Å². The Morgan fingerprint density at radius 3 is 2.67 bits per heavy atom. The molecule has 1 aromatic carbocycles. The Balaban J connectivity index is 1.45. The van der Waals surface area contributed by atoms with Gasteiger partial charge in [0.25, 0.3) is 0 Å². The summed E-state index contributed by atoms with van der Waals surface area (Å²) in [6.45, 7) is 2.08. The van der Waals surface area contributed by atoms with Gasteiger partial charge in [-0.2, -0.15) is 0 Å². The molecule has 1 fully saturated rings. The third kappa shape index (κ3) is 4.43. The summed E-state index contributed by atoms with van der Waals surface area (Å²) in [4.78, 5) is 0. The van der Waals surface area contributed by atoms with E-state index in [1.807, 2.05) is 7.05 Å². The van der Waals surface area contributed by atoms with E-state index in [1.165, 1.54) is 37.7 Å². The number of nitrogens with one attached hydrogen (secondary N) is 1. The third-order valence-electron chi connectivity index (χ3n) is 3.74. The summed E-state index contributed by atoms with van der Waals surface area (Å²) in [5.74, 6) is 0.851. The largest absolute Gasteiger partial charge is 0.378 e. The molecule has 1 aliphatic carbocycles. The molecule has 0 bridgehead atoms. The zero-order valence-electron chi connectivity index (χ0n) is 11.4. The number of rotatable bonds is 8. The van der Waals surface area contributed by atoms with Gasteiger partial charge >= 0.3 is 0 Å². The highest BCUT2D eigenvalue weighted by molar-refractivity contribution is 5.14. The van der Waals surface area contributed by atoms with Crippen molar-refractivity contribution in [3.05, 3.63) is 35.9 Å². The molecule has 1 aliphatic rings. The molecule has 1 aromatic rings. The highest BCUT2D eigenvalue weighted by Crippen LogP contribution is 2.29. The van der Waals surface area contributed by atoms with Crippen molar-refractivity contribution < 1.29 is 4.74 Å². The summed E-state index contributed by atoms with van der Waals surface area (Å²) in [5.41, 5.74) is 1.44. The van der Waals surface area contributed by atoms with E-state index in [9.17, 15) is 0 Å². The van der Waals surface area contributed by atoms with Gasteiger partial charge in [0.15, 0.2) is 0 Å². The lowest BCUT2D eigenvalue weighted by atomic mass is 9.82. The molecular formula is C16H25NO. The van der Waals surface area contributed by atoms with Crippen LogP contribution in [-0.2, 0) is 11.2 Å². The van der Waals surface area contributed by atoms with Gasteiger partial charge in [-0.3, -0.25) is 0 Å². The Hall–Kier alpha value is -0.860. The van der Waals surface area contributed by atoms with E-state index in [1.54, 1.807) is 0 Å². The number of benzene rings is 1. The van der Waals surface area contributed by atoms with Gasteiger partial charge in [-0.1, -0.05) is 30.3 Å². The minimum Gasteiger partial charge on any atom is -0.378 e. The topological polar surface area (TPSA) is 21.3 Å². The summed E-state index contributed by atoms with van der Waals surface area (Å²) in [6.07, 6.45) is 6.63. The smallest absolute Gasteiger partial charge is 0.0581 e. The van der Waals surface area contributed by atoms with Crippen LogP contribution in [0, 0.1) is 5.92 Å². The molecule has 0 radical (unpaired) electrons. The molecule has 0 spiro atoms. The lowest BCUT2D eigenvalue weighted by Crippen LogP contribution is -2.37. The van der Waals surface area contributed by atoms with Gasteiger partial charge in [-0.15, -0.1) is 0 Å². The average molecular weight is 247 g/mol. The summed E-state index contributed by atoms with van der Waals surface area (Å²) in [6, 6.07) is 10.7. The van der Waals surface area contributed by atoms with E-state index < -0.39 is 0 Å². The second-order valence-electron chi connectivity index (χ2n) is 5.33. The van der Waals surface area contributed by atoms with Crippen molar-refractivity contribution in [2.45, 2.75) is 38.2 Å². The monoisotopic (exact) mass is 247 g/mol. The maximum atomic E-state index is 5.86. The molecule has 0 amide bonds. The normalized spacial score (nSPS) is 22.7. The van der Waals surface area contributed by atoms with Crippen LogP contribution in [0.25, 0.3) is 0 Å². The van der Waals surface area contributed by atoms with Crippen LogP contribution in [0.15, 0.2) is 30.3 Å². The first-order valence-electron chi connectivity index (χ1n) is 7.18. The molecule has 1 saturated carbocycles. The molecule has 2 rings (SSSR count). The first kappa shape index (κ1) is 13.6. The van der Waals surface area contributed by atoms with Crippen LogP contribution >= 0.6 is 0 Å². The Kier molecular flexibility index (Phi) is 5.69. The third-order valence-corrected chi connectivity index (χ3v) is 3.74. The Bertz CT molecular complexity index is 319. The number of aryl methyl sites for hydroxylation is 1. The van der Waals surface area contributed by atoms with Crippen LogP contribution in [0.1, 0.15) is 31.2 Å². The second-order valence-corrected chi connectivity index (χ2v) is 5.33. The SMILES string of the molecule is CNCC1CC(OCCCCc2ccccc2)C1. The number of ether oxygens (including phenoxy) is 1. The van der Waals surface area contributed by atoms with Crippen molar-refractivity contribution >= 4 is 0 Å². The highest BCUT2D eigenvalue weighted by atomic mass is 16.5. The molecule has 18 heavy (non-hydrogen) atoms. The first-order chi connectivity index (χ1) is 8.88.